The summed E-state index contributed by atoms with van der Waals surface area (Å²) in [7, 11) is 2.16. The minimum atomic E-state index is 0. The van der Waals surface area contributed by atoms with Gasteiger partial charge in [-0.1, -0.05) is 6.92 Å². The van der Waals surface area contributed by atoms with Crippen molar-refractivity contribution in [2.24, 2.45) is 4.99 Å². The smallest absolute Gasteiger partial charge is 0.219 e. The van der Waals surface area contributed by atoms with Crippen LogP contribution in [0.2, 0.25) is 0 Å². The Labute approximate surface area is 158 Å². The summed E-state index contributed by atoms with van der Waals surface area (Å²) in [4.78, 5) is 22.7. The summed E-state index contributed by atoms with van der Waals surface area (Å²) in [6, 6.07) is 0.594. The molecule has 6 nitrogen and oxygen atoms in total. The van der Waals surface area contributed by atoms with Crippen molar-refractivity contribution < 1.29 is 4.79 Å². The Bertz CT molecular complexity index is 369. The highest BCUT2D eigenvalue weighted by molar-refractivity contribution is 14.0. The van der Waals surface area contributed by atoms with Crippen molar-refractivity contribution in [3.63, 3.8) is 0 Å². The first-order valence-electron chi connectivity index (χ1n) is 8.48. The predicted octanol–water partition coefficient (Wildman–Crippen LogP) is 1.46. The van der Waals surface area contributed by atoms with Crippen LogP contribution < -0.4 is 5.32 Å². The number of nitrogens with one attached hydrogen (secondary N) is 1. The average molecular weight is 439 g/mol. The van der Waals surface area contributed by atoms with Gasteiger partial charge in [-0.25, -0.2) is 0 Å². The number of carbonyl (C=O) groups excluding carboxylic acids is 1. The summed E-state index contributed by atoms with van der Waals surface area (Å²) in [6.07, 6.45) is 1.16. The van der Waals surface area contributed by atoms with Gasteiger partial charge in [-0.15, -0.1) is 24.0 Å². The Morgan fingerprint density at radius 3 is 2.26 bits per heavy atom. The Morgan fingerprint density at radius 1 is 1.22 bits per heavy atom. The topological polar surface area (TPSA) is 51.2 Å². The van der Waals surface area contributed by atoms with Gasteiger partial charge >= 0.3 is 0 Å². The van der Waals surface area contributed by atoms with Crippen molar-refractivity contribution in [3.8, 4) is 0 Å². The molecule has 1 aliphatic heterocycles. The van der Waals surface area contributed by atoms with Gasteiger partial charge in [0.05, 0.1) is 6.54 Å². The van der Waals surface area contributed by atoms with E-state index >= 15 is 0 Å². The van der Waals surface area contributed by atoms with Gasteiger partial charge in [0.25, 0.3) is 0 Å². The maximum absolute atomic E-state index is 11.4. The zero-order valence-electron chi connectivity index (χ0n) is 15.3. The number of amides is 1. The van der Waals surface area contributed by atoms with Crippen molar-refractivity contribution in [2.75, 3.05) is 52.9 Å². The van der Waals surface area contributed by atoms with Gasteiger partial charge in [0.2, 0.25) is 5.91 Å². The number of aliphatic imine (C=N–C) groups is 1. The van der Waals surface area contributed by atoms with Gasteiger partial charge in [0, 0.05) is 52.2 Å². The van der Waals surface area contributed by atoms with E-state index in [1.165, 1.54) is 0 Å². The lowest BCUT2D eigenvalue weighted by molar-refractivity contribution is -0.130. The van der Waals surface area contributed by atoms with Crippen LogP contribution in [0.15, 0.2) is 4.99 Å². The van der Waals surface area contributed by atoms with E-state index in [0.717, 1.165) is 58.2 Å². The summed E-state index contributed by atoms with van der Waals surface area (Å²) >= 11 is 0. The van der Waals surface area contributed by atoms with Gasteiger partial charge < -0.3 is 20.0 Å². The van der Waals surface area contributed by atoms with Crippen LogP contribution in [0.4, 0.5) is 0 Å². The van der Waals surface area contributed by atoms with Crippen LogP contribution in [0.5, 0.6) is 0 Å². The van der Waals surface area contributed by atoms with Gasteiger partial charge in [-0.05, 0) is 27.3 Å². The second kappa shape index (κ2) is 11.9. The number of nitrogens with zero attached hydrogens (tertiary/aromatic N) is 4. The molecule has 0 bridgehead atoms. The Morgan fingerprint density at radius 2 is 1.78 bits per heavy atom. The number of rotatable bonds is 6. The molecule has 1 amide bonds. The SMILES string of the molecule is CCNC(=NCCN(C)C(C)CC)N1CCN(C(C)=O)CC1.I. The summed E-state index contributed by atoms with van der Waals surface area (Å²) in [5.41, 5.74) is 0. The fourth-order valence-electron chi connectivity index (χ4n) is 2.50. The number of hydrogen-bond donors (Lipinski definition) is 1. The summed E-state index contributed by atoms with van der Waals surface area (Å²) in [6.45, 7) is 14.1. The standard InChI is InChI=1S/C16H33N5O.HI/c1-6-14(3)19(5)9-8-18-16(17-7-2)21-12-10-20(11-13-21)15(4)22;/h14H,6-13H2,1-5H3,(H,17,18);1H. The lowest BCUT2D eigenvalue weighted by atomic mass is 10.2. The number of carbonyl (C=O) groups is 1. The van der Waals surface area contributed by atoms with E-state index in [4.69, 9.17) is 4.99 Å². The lowest BCUT2D eigenvalue weighted by Gasteiger charge is -2.36. The zero-order chi connectivity index (χ0) is 16.5. The molecule has 0 aromatic heterocycles. The Hall–Kier alpha value is -0.570. The first-order valence-corrected chi connectivity index (χ1v) is 8.48. The maximum atomic E-state index is 11.4. The van der Waals surface area contributed by atoms with Crippen molar-refractivity contribution in [1.29, 1.82) is 0 Å². The normalized spacial score (nSPS) is 17.0. The van der Waals surface area contributed by atoms with E-state index in [-0.39, 0.29) is 29.9 Å². The molecule has 1 rings (SSSR count). The Kier molecular flexibility index (Phi) is 11.6. The van der Waals surface area contributed by atoms with Crippen LogP contribution in [0.3, 0.4) is 0 Å². The molecule has 136 valence electrons. The van der Waals surface area contributed by atoms with Crippen LogP contribution in [0.25, 0.3) is 0 Å². The third-order valence-electron chi connectivity index (χ3n) is 4.42. The van der Waals surface area contributed by atoms with Gasteiger partial charge in [0.15, 0.2) is 5.96 Å². The minimum Gasteiger partial charge on any atom is -0.357 e. The Balaban J connectivity index is 0.00000484. The minimum absolute atomic E-state index is 0. The molecule has 1 aliphatic rings. The molecule has 1 saturated heterocycles. The molecule has 1 atom stereocenters. The second-order valence-corrected chi connectivity index (χ2v) is 5.97. The molecule has 0 saturated carbocycles. The monoisotopic (exact) mass is 439 g/mol. The molecule has 1 fully saturated rings. The number of guanidine groups is 1. The van der Waals surface area contributed by atoms with Crippen LogP contribution >= 0.6 is 24.0 Å². The molecule has 0 radical (unpaired) electrons. The van der Waals surface area contributed by atoms with Crippen LogP contribution in [0.1, 0.15) is 34.1 Å². The highest BCUT2D eigenvalue weighted by Gasteiger charge is 2.20. The molecule has 0 aromatic rings. The van der Waals surface area contributed by atoms with E-state index < -0.39 is 0 Å². The average Bonchev–Trinajstić information content (AvgIpc) is 2.53. The largest absolute Gasteiger partial charge is 0.357 e. The van der Waals surface area contributed by atoms with Crippen molar-refractivity contribution >= 4 is 35.8 Å². The number of halogens is 1. The summed E-state index contributed by atoms with van der Waals surface area (Å²) < 4.78 is 0. The predicted molar refractivity (Wildman–Crippen MR) is 108 cm³/mol. The van der Waals surface area contributed by atoms with Crippen LogP contribution in [0, 0.1) is 0 Å². The quantitative estimate of drug-likeness (QED) is 0.387. The van der Waals surface area contributed by atoms with E-state index in [0.29, 0.717) is 6.04 Å². The van der Waals surface area contributed by atoms with E-state index in [1.807, 2.05) is 4.90 Å². The number of hydrogen-bond acceptors (Lipinski definition) is 3. The highest BCUT2D eigenvalue weighted by atomic mass is 127. The van der Waals surface area contributed by atoms with Crippen molar-refractivity contribution in [3.05, 3.63) is 0 Å². The van der Waals surface area contributed by atoms with E-state index in [9.17, 15) is 4.79 Å². The molecule has 23 heavy (non-hydrogen) atoms. The van der Waals surface area contributed by atoms with Gasteiger partial charge in [0.1, 0.15) is 0 Å². The molecule has 0 aromatic carbocycles. The third kappa shape index (κ3) is 7.69. The maximum Gasteiger partial charge on any atom is 0.219 e. The second-order valence-electron chi connectivity index (χ2n) is 5.97. The summed E-state index contributed by atoms with van der Waals surface area (Å²) in [5, 5.41) is 3.37. The van der Waals surface area contributed by atoms with Crippen LogP contribution in [-0.2, 0) is 4.79 Å². The molecular formula is C16H34IN5O. The lowest BCUT2D eigenvalue weighted by Crippen LogP contribution is -2.53. The zero-order valence-corrected chi connectivity index (χ0v) is 17.7. The van der Waals surface area contributed by atoms with Crippen LogP contribution in [-0.4, -0.2) is 85.5 Å². The molecule has 0 spiro atoms. The number of piperazine rings is 1. The fraction of sp³-hybridized carbons (Fsp3) is 0.875. The summed E-state index contributed by atoms with van der Waals surface area (Å²) in [5.74, 6) is 1.14. The first kappa shape index (κ1) is 22.4. The van der Waals surface area contributed by atoms with Gasteiger partial charge in [-0.3, -0.25) is 9.79 Å². The van der Waals surface area contributed by atoms with E-state index in [1.54, 1.807) is 6.92 Å². The third-order valence-corrected chi connectivity index (χ3v) is 4.42. The molecule has 0 aliphatic carbocycles. The number of likely N-dealkylation sites (N-methyl/N-ethyl adjacent to an activating group) is 1. The van der Waals surface area contributed by atoms with Gasteiger partial charge in [-0.2, -0.15) is 0 Å². The fourth-order valence-corrected chi connectivity index (χ4v) is 2.50. The van der Waals surface area contributed by atoms with Crippen molar-refractivity contribution in [2.45, 2.75) is 40.2 Å². The van der Waals surface area contributed by atoms with E-state index in [2.05, 4.69) is 42.9 Å². The molecular weight excluding hydrogens is 405 g/mol. The highest BCUT2D eigenvalue weighted by Crippen LogP contribution is 2.03. The molecule has 1 unspecified atom stereocenters. The first-order chi connectivity index (χ1) is 10.5. The molecule has 1 heterocycles. The molecule has 7 heteroatoms. The molecule has 1 N–H and O–H groups in total. The van der Waals surface area contributed by atoms with Crippen molar-refractivity contribution in [1.82, 2.24) is 20.0 Å².